The van der Waals surface area contributed by atoms with Gasteiger partial charge >= 0.3 is 0 Å². The van der Waals surface area contributed by atoms with Crippen molar-refractivity contribution in [1.29, 1.82) is 0 Å². The molecule has 0 fully saturated rings. The van der Waals surface area contributed by atoms with Crippen LogP contribution in [0.25, 0.3) is 0 Å². The Kier molecular flexibility index (Phi) is 3.22. The molecule has 2 aromatic rings. The number of rotatable bonds is 5. The molecule has 0 aliphatic heterocycles. The number of imidazole rings is 1. The molecule has 0 spiro atoms. The number of aromatic nitrogens is 4. The van der Waals surface area contributed by atoms with Gasteiger partial charge in [0.25, 0.3) is 10.0 Å². The molecule has 0 atom stereocenters. The molecule has 0 aliphatic carbocycles. The number of aromatic amines is 2. The van der Waals surface area contributed by atoms with Crippen molar-refractivity contribution in [2.45, 2.75) is 18.2 Å². The first-order valence-corrected chi connectivity index (χ1v) is 6.22. The van der Waals surface area contributed by atoms with Gasteiger partial charge < -0.3 is 10.1 Å². The largest absolute Gasteiger partial charge is 0.392 e. The Hall–Kier alpha value is -1.71. The summed E-state index contributed by atoms with van der Waals surface area (Å²) in [4.78, 5) is 6.54. The van der Waals surface area contributed by atoms with Gasteiger partial charge in [0.1, 0.15) is 0 Å². The third-order valence-corrected chi connectivity index (χ3v) is 3.54. The zero-order valence-corrected chi connectivity index (χ0v) is 9.53. The van der Waals surface area contributed by atoms with Gasteiger partial charge in [-0.15, -0.1) is 0 Å². The number of H-pyrrole nitrogens is 2. The predicted molar refractivity (Wildman–Crippen MR) is 57.1 cm³/mol. The van der Waals surface area contributed by atoms with Crippen LogP contribution in [0.5, 0.6) is 0 Å². The number of hydrogen-bond donors (Lipinski definition) is 4. The first-order valence-electron chi connectivity index (χ1n) is 4.73. The maximum absolute atomic E-state index is 11.8. The fraction of sp³-hybridized carbons (Fsp3) is 0.250. The van der Waals surface area contributed by atoms with Crippen LogP contribution in [0.15, 0.2) is 23.7 Å². The molecule has 92 valence electrons. The summed E-state index contributed by atoms with van der Waals surface area (Å²) in [5.41, 5.74) is 0.862. The minimum Gasteiger partial charge on any atom is -0.392 e. The topological polar surface area (TPSA) is 124 Å². The standard InChI is InChI=1S/C8H11N5O3S/c14-4-6-1-11-13-8(6)17(15,16)12-3-7-2-9-5-10-7/h1-2,5,12,14H,3-4H2,(H,9,10)(H,11,13). The van der Waals surface area contributed by atoms with E-state index < -0.39 is 16.6 Å². The lowest BCUT2D eigenvalue weighted by Crippen LogP contribution is -2.24. The molecule has 17 heavy (non-hydrogen) atoms. The highest BCUT2D eigenvalue weighted by Gasteiger charge is 2.20. The zero-order chi connectivity index (χ0) is 12.3. The van der Waals surface area contributed by atoms with Crippen LogP contribution in [0, 0.1) is 0 Å². The Labute approximate surface area is 97.1 Å². The van der Waals surface area contributed by atoms with Gasteiger partial charge in [-0.05, 0) is 0 Å². The number of aliphatic hydroxyl groups excluding tert-OH is 1. The van der Waals surface area contributed by atoms with Crippen molar-refractivity contribution in [3.8, 4) is 0 Å². The third-order valence-electron chi connectivity index (χ3n) is 2.12. The van der Waals surface area contributed by atoms with Crippen molar-refractivity contribution >= 4 is 10.0 Å². The van der Waals surface area contributed by atoms with Crippen LogP contribution in [-0.4, -0.2) is 33.7 Å². The molecular formula is C8H11N5O3S. The van der Waals surface area contributed by atoms with E-state index in [0.717, 1.165) is 0 Å². The fourth-order valence-electron chi connectivity index (χ4n) is 1.27. The molecule has 0 saturated carbocycles. The van der Waals surface area contributed by atoms with Crippen molar-refractivity contribution in [3.63, 3.8) is 0 Å². The second-order valence-corrected chi connectivity index (χ2v) is 4.99. The molecule has 4 N–H and O–H groups in total. The lowest BCUT2D eigenvalue weighted by Gasteiger charge is -2.04. The Morgan fingerprint density at radius 3 is 2.88 bits per heavy atom. The monoisotopic (exact) mass is 257 g/mol. The average molecular weight is 257 g/mol. The van der Waals surface area contributed by atoms with E-state index in [1.807, 2.05) is 0 Å². The van der Waals surface area contributed by atoms with E-state index in [0.29, 0.717) is 5.69 Å². The SMILES string of the molecule is O=S(=O)(NCc1cnc[nH]1)c1[nH]ncc1CO. The normalized spacial score (nSPS) is 11.8. The minimum atomic E-state index is -3.71. The zero-order valence-electron chi connectivity index (χ0n) is 8.71. The van der Waals surface area contributed by atoms with E-state index >= 15 is 0 Å². The van der Waals surface area contributed by atoms with Crippen LogP contribution in [0.1, 0.15) is 11.3 Å². The van der Waals surface area contributed by atoms with E-state index in [9.17, 15) is 8.42 Å². The van der Waals surface area contributed by atoms with Crippen molar-refractivity contribution in [2.75, 3.05) is 0 Å². The first-order chi connectivity index (χ1) is 8.13. The maximum Gasteiger partial charge on any atom is 0.258 e. The summed E-state index contributed by atoms with van der Waals surface area (Å²) in [6, 6.07) is 0. The van der Waals surface area contributed by atoms with Crippen LogP contribution in [0.2, 0.25) is 0 Å². The van der Waals surface area contributed by atoms with Crippen LogP contribution in [0.4, 0.5) is 0 Å². The molecule has 2 heterocycles. The van der Waals surface area contributed by atoms with Gasteiger partial charge in [-0.1, -0.05) is 0 Å². The highest BCUT2D eigenvalue weighted by molar-refractivity contribution is 7.89. The van der Waals surface area contributed by atoms with Gasteiger partial charge in [0.05, 0.1) is 25.7 Å². The molecule has 0 bridgehead atoms. The van der Waals surface area contributed by atoms with Crippen LogP contribution >= 0.6 is 0 Å². The summed E-state index contributed by atoms with van der Waals surface area (Å²) in [5, 5.41) is 14.7. The number of nitrogens with zero attached hydrogens (tertiary/aromatic N) is 2. The van der Waals surface area contributed by atoms with Crippen molar-refractivity contribution in [2.24, 2.45) is 0 Å². The molecule has 0 unspecified atom stereocenters. The van der Waals surface area contributed by atoms with Gasteiger partial charge in [0.15, 0.2) is 5.03 Å². The molecular weight excluding hydrogens is 246 g/mol. The third kappa shape index (κ3) is 2.52. The maximum atomic E-state index is 11.8. The molecule has 0 aromatic carbocycles. The summed E-state index contributed by atoms with van der Waals surface area (Å²) in [7, 11) is -3.71. The number of sulfonamides is 1. The van der Waals surface area contributed by atoms with Gasteiger partial charge in [-0.3, -0.25) is 5.10 Å². The predicted octanol–water partition coefficient (Wildman–Crippen LogP) is -0.896. The molecule has 0 amide bonds. The van der Waals surface area contributed by atoms with E-state index in [4.69, 9.17) is 5.11 Å². The van der Waals surface area contributed by atoms with Crippen molar-refractivity contribution < 1.29 is 13.5 Å². The van der Waals surface area contributed by atoms with E-state index in [1.54, 1.807) is 0 Å². The second-order valence-electron chi connectivity index (χ2n) is 3.28. The Bertz CT molecular complexity index is 574. The minimum absolute atomic E-state index is 0.0895. The van der Waals surface area contributed by atoms with Crippen LogP contribution < -0.4 is 4.72 Å². The van der Waals surface area contributed by atoms with Crippen molar-refractivity contribution in [1.82, 2.24) is 24.9 Å². The van der Waals surface area contributed by atoms with Crippen LogP contribution in [-0.2, 0) is 23.2 Å². The summed E-state index contributed by atoms with van der Waals surface area (Å²) >= 11 is 0. The summed E-state index contributed by atoms with van der Waals surface area (Å²) in [6.45, 7) is -0.303. The molecule has 0 radical (unpaired) electrons. The summed E-state index contributed by atoms with van der Waals surface area (Å²) in [6.07, 6.45) is 4.24. The Morgan fingerprint density at radius 1 is 1.41 bits per heavy atom. The fourth-order valence-corrected chi connectivity index (χ4v) is 2.40. The number of nitrogens with one attached hydrogen (secondary N) is 3. The molecule has 2 rings (SSSR count). The quantitative estimate of drug-likeness (QED) is 0.553. The molecule has 2 aromatic heterocycles. The molecule has 0 saturated heterocycles. The van der Waals surface area contributed by atoms with E-state index in [-0.39, 0.29) is 17.1 Å². The number of hydrogen-bond acceptors (Lipinski definition) is 5. The second kappa shape index (κ2) is 4.65. The van der Waals surface area contributed by atoms with Gasteiger partial charge in [0.2, 0.25) is 0 Å². The van der Waals surface area contributed by atoms with Crippen molar-refractivity contribution in [3.05, 3.63) is 30.0 Å². The van der Waals surface area contributed by atoms with Gasteiger partial charge in [-0.2, -0.15) is 5.10 Å². The molecule has 0 aliphatic rings. The summed E-state index contributed by atoms with van der Waals surface area (Å²) < 4.78 is 26.0. The average Bonchev–Trinajstić information content (AvgIpc) is 2.97. The number of aliphatic hydroxyl groups is 1. The van der Waals surface area contributed by atoms with Gasteiger partial charge in [-0.25, -0.2) is 18.1 Å². The molecule has 9 heteroatoms. The Morgan fingerprint density at radius 2 is 2.24 bits per heavy atom. The highest BCUT2D eigenvalue weighted by Crippen LogP contribution is 2.11. The highest BCUT2D eigenvalue weighted by atomic mass is 32.2. The molecule has 8 nitrogen and oxygen atoms in total. The Balaban J connectivity index is 2.14. The van der Waals surface area contributed by atoms with E-state index in [1.165, 1.54) is 18.7 Å². The first kappa shape index (κ1) is 11.8. The van der Waals surface area contributed by atoms with Gasteiger partial charge in [0, 0.05) is 17.5 Å². The smallest absolute Gasteiger partial charge is 0.258 e. The van der Waals surface area contributed by atoms with Crippen LogP contribution in [0.3, 0.4) is 0 Å². The summed E-state index contributed by atoms with van der Waals surface area (Å²) in [5.74, 6) is 0. The lowest BCUT2D eigenvalue weighted by atomic mass is 10.4. The van der Waals surface area contributed by atoms with E-state index in [2.05, 4.69) is 24.9 Å². The lowest BCUT2D eigenvalue weighted by molar-refractivity contribution is 0.278.